The molecule has 1 aliphatic rings. The van der Waals surface area contributed by atoms with Crippen molar-refractivity contribution in [2.45, 2.75) is 33.0 Å². The second kappa shape index (κ2) is 5.28. The van der Waals surface area contributed by atoms with Gasteiger partial charge in [0.1, 0.15) is 0 Å². The Balaban J connectivity index is 2.28. The normalized spacial score (nSPS) is 21.1. The van der Waals surface area contributed by atoms with E-state index in [0.29, 0.717) is 19.6 Å². The molecular weight excluding hydrogens is 265 g/mol. The number of para-hydroxylation sites is 1. The van der Waals surface area contributed by atoms with Gasteiger partial charge in [-0.2, -0.15) is 13.2 Å². The van der Waals surface area contributed by atoms with Gasteiger partial charge in [0.05, 0.1) is 5.56 Å². The molecule has 1 heterocycles. The minimum Gasteiger partial charge on any atom is -0.368 e. The lowest BCUT2D eigenvalue weighted by Gasteiger charge is -2.42. The standard InChI is InChI=1S/C15H21F3N2/c1-14(2,3)13-10-20(9-8-19-13)12-7-5-4-6-11(12)15(16,17)18/h4-7,13,19H,8-10H2,1-3H3. The summed E-state index contributed by atoms with van der Waals surface area (Å²) in [6.07, 6.45) is -4.31. The number of nitrogens with one attached hydrogen (secondary N) is 1. The number of piperazine rings is 1. The predicted molar refractivity (Wildman–Crippen MR) is 74.9 cm³/mol. The Morgan fingerprint density at radius 1 is 1.15 bits per heavy atom. The fraction of sp³-hybridized carbons (Fsp3) is 0.600. The number of halogens is 3. The van der Waals surface area contributed by atoms with E-state index in [-0.39, 0.29) is 17.1 Å². The molecule has 1 fully saturated rings. The minimum atomic E-state index is -4.31. The van der Waals surface area contributed by atoms with Crippen LogP contribution in [0.25, 0.3) is 0 Å². The van der Waals surface area contributed by atoms with Gasteiger partial charge in [-0.15, -0.1) is 0 Å². The van der Waals surface area contributed by atoms with Gasteiger partial charge in [0.2, 0.25) is 0 Å². The SMILES string of the molecule is CC(C)(C)C1CN(c2ccccc2C(F)(F)F)CCN1. The summed E-state index contributed by atoms with van der Waals surface area (Å²) in [4.78, 5) is 1.84. The molecule has 0 radical (unpaired) electrons. The Morgan fingerprint density at radius 3 is 2.40 bits per heavy atom. The molecule has 1 aromatic carbocycles. The molecule has 1 unspecified atom stereocenters. The van der Waals surface area contributed by atoms with Crippen LogP contribution in [0.15, 0.2) is 24.3 Å². The van der Waals surface area contributed by atoms with Crippen molar-refractivity contribution in [3.05, 3.63) is 29.8 Å². The highest BCUT2D eigenvalue weighted by molar-refractivity contribution is 5.55. The summed E-state index contributed by atoms with van der Waals surface area (Å²) in [7, 11) is 0. The Morgan fingerprint density at radius 2 is 1.80 bits per heavy atom. The van der Waals surface area contributed by atoms with Crippen LogP contribution in [0.5, 0.6) is 0 Å². The van der Waals surface area contributed by atoms with Crippen LogP contribution in [0.1, 0.15) is 26.3 Å². The Bertz CT molecular complexity index is 463. The summed E-state index contributed by atoms with van der Waals surface area (Å²) in [5.74, 6) is 0. The van der Waals surface area contributed by atoms with Crippen LogP contribution in [0, 0.1) is 5.41 Å². The van der Waals surface area contributed by atoms with E-state index in [1.54, 1.807) is 12.1 Å². The van der Waals surface area contributed by atoms with Crippen LogP contribution in [0.3, 0.4) is 0 Å². The first-order valence-electron chi connectivity index (χ1n) is 6.84. The molecule has 1 aromatic rings. The van der Waals surface area contributed by atoms with Gasteiger partial charge in [0, 0.05) is 31.4 Å². The van der Waals surface area contributed by atoms with E-state index in [2.05, 4.69) is 26.1 Å². The maximum Gasteiger partial charge on any atom is 0.418 e. The molecule has 1 aliphatic heterocycles. The van der Waals surface area contributed by atoms with E-state index >= 15 is 0 Å². The molecule has 1 N–H and O–H groups in total. The lowest BCUT2D eigenvalue weighted by molar-refractivity contribution is -0.137. The van der Waals surface area contributed by atoms with Gasteiger partial charge in [0.25, 0.3) is 0 Å². The van der Waals surface area contributed by atoms with E-state index in [1.165, 1.54) is 6.07 Å². The second-order valence-corrected chi connectivity index (χ2v) is 6.33. The molecule has 1 atom stereocenters. The summed E-state index contributed by atoms with van der Waals surface area (Å²) in [5.41, 5.74) is -0.239. The fourth-order valence-electron chi connectivity index (χ4n) is 2.54. The molecule has 0 aromatic heterocycles. The van der Waals surface area contributed by atoms with Crippen LogP contribution in [0.4, 0.5) is 18.9 Å². The molecule has 2 rings (SSSR count). The van der Waals surface area contributed by atoms with Gasteiger partial charge in [-0.05, 0) is 17.5 Å². The first-order valence-corrected chi connectivity index (χ1v) is 6.84. The first kappa shape index (κ1) is 15.2. The molecule has 5 heteroatoms. The third kappa shape index (κ3) is 3.26. The van der Waals surface area contributed by atoms with Crippen molar-refractivity contribution in [1.82, 2.24) is 5.32 Å². The van der Waals surface area contributed by atoms with Gasteiger partial charge in [-0.1, -0.05) is 32.9 Å². The van der Waals surface area contributed by atoms with Crippen molar-refractivity contribution >= 4 is 5.69 Å². The van der Waals surface area contributed by atoms with Crippen molar-refractivity contribution in [2.75, 3.05) is 24.5 Å². The maximum absolute atomic E-state index is 13.1. The van der Waals surface area contributed by atoms with Crippen molar-refractivity contribution in [3.8, 4) is 0 Å². The zero-order chi connectivity index (χ0) is 15.0. The van der Waals surface area contributed by atoms with Crippen LogP contribution >= 0.6 is 0 Å². The largest absolute Gasteiger partial charge is 0.418 e. The Hall–Kier alpha value is -1.23. The van der Waals surface area contributed by atoms with Gasteiger partial charge >= 0.3 is 6.18 Å². The number of nitrogens with zero attached hydrogens (tertiary/aromatic N) is 1. The zero-order valence-electron chi connectivity index (χ0n) is 12.1. The molecule has 20 heavy (non-hydrogen) atoms. The van der Waals surface area contributed by atoms with Crippen molar-refractivity contribution in [3.63, 3.8) is 0 Å². The van der Waals surface area contributed by atoms with Gasteiger partial charge in [-0.3, -0.25) is 0 Å². The van der Waals surface area contributed by atoms with Crippen LogP contribution < -0.4 is 10.2 Å². The van der Waals surface area contributed by atoms with E-state index in [4.69, 9.17) is 0 Å². The predicted octanol–water partition coefficient (Wildman–Crippen LogP) is 3.53. The van der Waals surface area contributed by atoms with E-state index in [9.17, 15) is 13.2 Å². The average molecular weight is 286 g/mol. The van der Waals surface area contributed by atoms with Crippen molar-refractivity contribution < 1.29 is 13.2 Å². The quantitative estimate of drug-likeness (QED) is 0.849. The second-order valence-electron chi connectivity index (χ2n) is 6.33. The molecule has 0 aliphatic carbocycles. The van der Waals surface area contributed by atoms with Crippen LogP contribution in [0.2, 0.25) is 0 Å². The average Bonchev–Trinajstić information content (AvgIpc) is 2.37. The van der Waals surface area contributed by atoms with Gasteiger partial charge in [-0.25, -0.2) is 0 Å². The van der Waals surface area contributed by atoms with Crippen molar-refractivity contribution in [2.24, 2.45) is 5.41 Å². The number of benzene rings is 1. The van der Waals surface area contributed by atoms with Crippen molar-refractivity contribution in [1.29, 1.82) is 0 Å². The number of hydrogen-bond acceptors (Lipinski definition) is 2. The maximum atomic E-state index is 13.1. The Labute approximate surface area is 118 Å². The summed E-state index contributed by atoms with van der Waals surface area (Å²) in [6.45, 7) is 8.20. The molecule has 1 saturated heterocycles. The highest BCUT2D eigenvalue weighted by atomic mass is 19.4. The molecule has 0 amide bonds. The van der Waals surface area contributed by atoms with Gasteiger partial charge < -0.3 is 10.2 Å². The summed E-state index contributed by atoms with van der Waals surface area (Å²) < 4.78 is 39.3. The number of hydrogen-bond donors (Lipinski definition) is 1. The molecule has 0 saturated carbocycles. The highest BCUT2D eigenvalue weighted by Gasteiger charge is 2.36. The lowest BCUT2D eigenvalue weighted by Crippen LogP contribution is -2.56. The van der Waals surface area contributed by atoms with E-state index in [0.717, 1.165) is 6.07 Å². The molecule has 0 bridgehead atoms. The topological polar surface area (TPSA) is 15.3 Å². The fourth-order valence-corrected chi connectivity index (χ4v) is 2.54. The summed E-state index contributed by atoms with van der Waals surface area (Å²) in [5, 5.41) is 3.39. The smallest absolute Gasteiger partial charge is 0.368 e. The minimum absolute atomic E-state index is 0.0197. The van der Waals surface area contributed by atoms with E-state index in [1.807, 2.05) is 4.90 Å². The number of rotatable bonds is 1. The molecule has 0 spiro atoms. The third-order valence-electron chi connectivity index (χ3n) is 3.77. The van der Waals surface area contributed by atoms with Gasteiger partial charge in [0.15, 0.2) is 0 Å². The molecule has 2 nitrogen and oxygen atoms in total. The van der Waals surface area contributed by atoms with Crippen LogP contribution in [-0.4, -0.2) is 25.7 Å². The van der Waals surface area contributed by atoms with E-state index < -0.39 is 11.7 Å². The summed E-state index contributed by atoms with van der Waals surface area (Å²) >= 11 is 0. The third-order valence-corrected chi connectivity index (χ3v) is 3.77. The first-order chi connectivity index (χ1) is 9.19. The monoisotopic (exact) mass is 286 g/mol. The lowest BCUT2D eigenvalue weighted by atomic mass is 9.85. The number of alkyl halides is 3. The Kier molecular flexibility index (Phi) is 4.00. The molecule has 112 valence electrons. The summed E-state index contributed by atoms with van der Waals surface area (Å²) in [6, 6.07) is 6.00. The van der Waals surface area contributed by atoms with Crippen LogP contribution in [-0.2, 0) is 6.18 Å². The highest BCUT2D eigenvalue weighted by Crippen LogP contribution is 2.37. The molecular formula is C15H21F3N2. The zero-order valence-corrected chi connectivity index (χ0v) is 12.1. The number of anilines is 1.